The normalized spacial score (nSPS) is 11.9. The van der Waals surface area contributed by atoms with Gasteiger partial charge in [-0.2, -0.15) is 0 Å². The van der Waals surface area contributed by atoms with Crippen molar-refractivity contribution in [3.63, 3.8) is 0 Å². The monoisotopic (exact) mass is 270 g/mol. The lowest BCUT2D eigenvalue weighted by Gasteiger charge is -2.13. The molecule has 0 saturated carbocycles. The minimum absolute atomic E-state index is 0.00108. The number of urea groups is 1. The van der Waals surface area contributed by atoms with Crippen LogP contribution in [0.4, 0.5) is 4.79 Å². The number of benzene rings is 1. The molecule has 0 aliphatic carbocycles. The van der Waals surface area contributed by atoms with Crippen LogP contribution in [0.15, 0.2) is 24.3 Å². The topological polar surface area (TPSA) is 50.4 Å². The molecule has 0 aromatic heterocycles. The third-order valence-electron chi connectivity index (χ3n) is 2.38. The van der Waals surface area contributed by atoms with Crippen LogP contribution in [0.1, 0.15) is 12.5 Å². The van der Waals surface area contributed by atoms with Crippen LogP contribution in [0, 0.1) is 0 Å². The molecule has 5 heteroatoms. The average molecular weight is 271 g/mol. The molecular formula is C13H19ClN2O2. The van der Waals surface area contributed by atoms with E-state index in [1.165, 1.54) is 0 Å². The van der Waals surface area contributed by atoms with Crippen molar-refractivity contribution < 1.29 is 9.53 Å². The lowest BCUT2D eigenvalue weighted by atomic mass is 10.1. The Morgan fingerprint density at radius 3 is 2.94 bits per heavy atom. The summed E-state index contributed by atoms with van der Waals surface area (Å²) in [4.78, 5) is 11.5. The van der Waals surface area contributed by atoms with Gasteiger partial charge in [-0.05, 0) is 31.0 Å². The highest BCUT2D eigenvalue weighted by Gasteiger charge is 2.05. The van der Waals surface area contributed by atoms with E-state index in [2.05, 4.69) is 10.6 Å². The number of halogens is 1. The van der Waals surface area contributed by atoms with Gasteiger partial charge in [0.2, 0.25) is 0 Å². The van der Waals surface area contributed by atoms with Gasteiger partial charge in [0, 0.05) is 18.7 Å². The molecule has 2 N–H and O–H groups in total. The highest BCUT2D eigenvalue weighted by Crippen LogP contribution is 2.10. The van der Waals surface area contributed by atoms with Gasteiger partial charge in [0.15, 0.2) is 0 Å². The van der Waals surface area contributed by atoms with Crippen LogP contribution in [-0.2, 0) is 11.2 Å². The van der Waals surface area contributed by atoms with Crippen LogP contribution in [0.25, 0.3) is 0 Å². The molecule has 18 heavy (non-hydrogen) atoms. The maximum absolute atomic E-state index is 11.5. The Morgan fingerprint density at radius 1 is 1.50 bits per heavy atom. The van der Waals surface area contributed by atoms with E-state index in [0.717, 1.165) is 12.0 Å². The van der Waals surface area contributed by atoms with Crippen molar-refractivity contribution in [2.75, 3.05) is 20.3 Å². The first kappa shape index (κ1) is 14.8. The first-order valence-electron chi connectivity index (χ1n) is 5.89. The molecule has 1 unspecified atom stereocenters. The highest BCUT2D eigenvalue weighted by molar-refractivity contribution is 6.30. The Balaban J connectivity index is 2.23. The molecule has 0 saturated heterocycles. The first-order valence-corrected chi connectivity index (χ1v) is 6.27. The smallest absolute Gasteiger partial charge is 0.315 e. The van der Waals surface area contributed by atoms with Gasteiger partial charge in [-0.25, -0.2) is 4.79 Å². The minimum atomic E-state index is -0.179. The number of amides is 2. The fourth-order valence-corrected chi connectivity index (χ4v) is 1.79. The van der Waals surface area contributed by atoms with Crippen molar-refractivity contribution in [1.29, 1.82) is 0 Å². The first-order chi connectivity index (χ1) is 8.61. The summed E-state index contributed by atoms with van der Waals surface area (Å²) in [5, 5.41) is 6.28. The van der Waals surface area contributed by atoms with Gasteiger partial charge in [-0.15, -0.1) is 0 Å². The van der Waals surface area contributed by atoms with Crippen molar-refractivity contribution in [3.8, 4) is 0 Å². The predicted octanol–water partition coefficient (Wildman–Crippen LogP) is 2.22. The average Bonchev–Trinajstić information content (AvgIpc) is 2.29. The molecule has 1 rings (SSSR count). The lowest BCUT2D eigenvalue weighted by molar-refractivity contribution is 0.171. The van der Waals surface area contributed by atoms with Crippen LogP contribution in [-0.4, -0.2) is 32.3 Å². The molecule has 1 atom stereocenters. The number of ether oxygens (including phenoxy) is 1. The van der Waals surface area contributed by atoms with Crippen LogP contribution >= 0.6 is 11.6 Å². The summed E-state index contributed by atoms with van der Waals surface area (Å²) >= 11 is 5.88. The molecule has 2 amide bonds. The van der Waals surface area contributed by atoms with Gasteiger partial charge in [0.25, 0.3) is 0 Å². The molecule has 0 bridgehead atoms. The molecule has 1 aromatic rings. The molecule has 0 aliphatic heterocycles. The summed E-state index contributed by atoms with van der Waals surface area (Å²) < 4.78 is 4.93. The number of carbonyl (C=O) groups is 1. The third-order valence-corrected chi connectivity index (χ3v) is 2.62. The number of carbonyl (C=O) groups excluding carboxylic acids is 1. The summed E-state index contributed by atoms with van der Waals surface area (Å²) in [6.45, 7) is 2.97. The summed E-state index contributed by atoms with van der Waals surface area (Å²) in [5.74, 6) is 0. The maximum Gasteiger partial charge on any atom is 0.315 e. The van der Waals surface area contributed by atoms with E-state index in [9.17, 15) is 4.79 Å². The summed E-state index contributed by atoms with van der Waals surface area (Å²) in [7, 11) is 1.61. The predicted molar refractivity (Wildman–Crippen MR) is 73.0 cm³/mol. The van der Waals surface area contributed by atoms with Crippen LogP contribution in [0.2, 0.25) is 5.02 Å². The van der Waals surface area contributed by atoms with E-state index in [1.54, 1.807) is 7.11 Å². The second-order valence-corrected chi connectivity index (χ2v) is 4.57. The molecule has 0 heterocycles. The SMILES string of the molecule is COCC(C)NC(=O)NCCc1cccc(Cl)c1. The van der Waals surface area contributed by atoms with Gasteiger partial charge in [0.1, 0.15) is 0 Å². The second-order valence-electron chi connectivity index (χ2n) is 4.14. The van der Waals surface area contributed by atoms with Crippen molar-refractivity contribution in [2.45, 2.75) is 19.4 Å². The van der Waals surface area contributed by atoms with Crippen molar-refractivity contribution in [3.05, 3.63) is 34.9 Å². The highest BCUT2D eigenvalue weighted by atomic mass is 35.5. The minimum Gasteiger partial charge on any atom is -0.383 e. The molecule has 1 aromatic carbocycles. The Labute approximate surface area is 113 Å². The molecule has 0 radical (unpaired) electrons. The van der Waals surface area contributed by atoms with Crippen LogP contribution in [0.3, 0.4) is 0 Å². The fourth-order valence-electron chi connectivity index (χ4n) is 1.58. The Kier molecular flexibility index (Phi) is 6.54. The van der Waals surface area contributed by atoms with E-state index >= 15 is 0 Å². The van der Waals surface area contributed by atoms with Gasteiger partial charge in [0.05, 0.1) is 12.6 Å². The van der Waals surface area contributed by atoms with Gasteiger partial charge >= 0.3 is 6.03 Å². The maximum atomic E-state index is 11.5. The molecule has 4 nitrogen and oxygen atoms in total. The standard InChI is InChI=1S/C13H19ClN2O2/c1-10(9-18-2)16-13(17)15-7-6-11-4-3-5-12(14)8-11/h3-5,8,10H,6-7,9H2,1-2H3,(H2,15,16,17). The van der Waals surface area contributed by atoms with Crippen LogP contribution in [0.5, 0.6) is 0 Å². The number of nitrogens with one attached hydrogen (secondary N) is 2. The lowest BCUT2D eigenvalue weighted by Crippen LogP contribution is -2.43. The van der Waals surface area contributed by atoms with E-state index < -0.39 is 0 Å². The van der Waals surface area contributed by atoms with E-state index in [1.807, 2.05) is 31.2 Å². The number of hydrogen-bond acceptors (Lipinski definition) is 2. The second kappa shape index (κ2) is 7.95. The number of methoxy groups -OCH3 is 1. The van der Waals surface area contributed by atoms with Gasteiger partial charge in [-0.3, -0.25) is 0 Å². The number of rotatable bonds is 6. The van der Waals surface area contributed by atoms with Gasteiger partial charge in [-0.1, -0.05) is 23.7 Å². The molecule has 0 spiro atoms. The Morgan fingerprint density at radius 2 is 2.28 bits per heavy atom. The van der Waals surface area contributed by atoms with E-state index in [0.29, 0.717) is 18.2 Å². The van der Waals surface area contributed by atoms with Crippen molar-refractivity contribution in [2.24, 2.45) is 0 Å². The van der Waals surface area contributed by atoms with Crippen molar-refractivity contribution >= 4 is 17.6 Å². The molecular weight excluding hydrogens is 252 g/mol. The summed E-state index contributed by atoms with van der Waals surface area (Å²) in [6, 6.07) is 7.44. The Bertz CT molecular complexity index is 385. The van der Waals surface area contributed by atoms with Crippen molar-refractivity contribution in [1.82, 2.24) is 10.6 Å². The van der Waals surface area contributed by atoms with Crippen LogP contribution < -0.4 is 10.6 Å². The van der Waals surface area contributed by atoms with E-state index in [-0.39, 0.29) is 12.1 Å². The van der Waals surface area contributed by atoms with Gasteiger partial charge < -0.3 is 15.4 Å². The zero-order valence-corrected chi connectivity index (χ0v) is 11.5. The summed E-state index contributed by atoms with van der Waals surface area (Å²) in [6.07, 6.45) is 0.757. The summed E-state index contributed by atoms with van der Waals surface area (Å²) in [5.41, 5.74) is 1.10. The quantitative estimate of drug-likeness (QED) is 0.833. The fraction of sp³-hybridized carbons (Fsp3) is 0.462. The largest absolute Gasteiger partial charge is 0.383 e. The zero-order valence-electron chi connectivity index (χ0n) is 10.7. The Hall–Kier alpha value is -1.26. The molecule has 100 valence electrons. The molecule has 0 aliphatic rings. The third kappa shape index (κ3) is 5.89. The van der Waals surface area contributed by atoms with E-state index in [4.69, 9.17) is 16.3 Å². The molecule has 0 fully saturated rings. The number of hydrogen-bond donors (Lipinski definition) is 2. The zero-order chi connectivity index (χ0) is 13.4.